The fourth-order valence-electron chi connectivity index (χ4n) is 2.66. The molecule has 0 saturated carbocycles. The summed E-state index contributed by atoms with van der Waals surface area (Å²) in [6, 6.07) is 6.75. The maximum absolute atomic E-state index is 12.1. The van der Waals surface area contributed by atoms with Crippen LogP contribution >= 0.6 is 0 Å². The Kier molecular flexibility index (Phi) is 5.31. The summed E-state index contributed by atoms with van der Waals surface area (Å²) in [7, 11) is 0. The first kappa shape index (κ1) is 15.2. The molecule has 3 nitrogen and oxygen atoms in total. The number of rotatable bonds is 5. The van der Waals surface area contributed by atoms with Gasteiger partial charge in [0.15, 0.2) is 0 Å². The molecular weight excluding hydrogens is 264 g/mol. The van der Waals surface area contributed by atoms with Crippen LogP contribution < -0.4 is 4.74 Å². The number of nitrogens with zero attached hydrogens (tertiary/aromatic N) is 1. The molecule has 2 atom stereocenters. The van der Waals surface area contributed by atoms with Crippen molar-refractivity contribution in [2.75, 3.05) is 13.1 Å². The van der Waals surface area contributed by atoms with Gasteiger partial charge in [0, 0.05) is 13.1 Å². The highest BCUT2D eigenvalue weighted by Gasteiger charge is 2.23. The fourth-order valence-corrected chi connectivity index (χ4v) is 2.66. The van der Waals surface area contributed by atoms with E-state index in [0.717, 1.165) is 38.0 Å². The Morgan fingerprint density at radius 3 is 2.65 bits per heavy atom. The van der Waals surface area contributed by atoms with E-state index in [1.807, 2.05) is 19.1 Å². The summed E-state index contributed by atoms with van der Waals surface area (Å²) in [4.78, 5) is 2.30. The number of hydrogen-bond acceptors (Lipinski definition) is 3. The van der Waals surface area contributed by atoms with Gasteiger partial charge in [0.05, 0.1) is 6.10 Å². The molecule has 5 heteroatoms. The van der Waals surface area contributed by atoms with Gasteiger partial charge in [0.1, 0.15) is 5.75 Å². The summed E-state index contributed by atoms with van der Waals surface area (Å²) < 4.78 is 28.4. The Balaban J connectivity index is 1.89. The Morgan fingerprint density at radius 2 is 2.05 bits per heavy atom. The van der Waals surface area contributed by atoms with Gasteiger partial charge in [-0.05, 0) is 49.9 Å². The smallest absolute Gasteiger partial charge is 0.387 e. The number of hydrogen-bond donors (Lipinski definition) is 1. The number of likely N-dealkylation sites (tertiary alicyclic amines) is 1. The van der Waals surface area contributed by atoms with E-state index >= 15 is 0 Å². The molecule has 1 aromatic rings. The minimum atomic E-state index is -2.78. The van der Waals surface area contributed by atoms with E-state index < -0.39 is 6.61 Å². The second-order valence-electron chi connectivity index (χ2n) is 5.40. The lowest BCUT2D eigenvalue weighted by molar-refractivity contribution is -0.0498. The second-order valence-corrected chi connectivity index (χ2v) is 5.40. The van der Waals surface area contributed by atoms with Crippen molar-refractivity contribution in [3.8, 4) is 5.75 Å². The quantitative estimate of drug-likeness (QED) is 0.903. The van der Waals surface area contributed by atoms with Crippen LogP contribution in [0.15, 0.2) is 24.3 Å². The maximum atomic E-state index is 12.1. The topological polar surface area (TPSA) is 32.7 Å². The van der Waals surface area contributed by atoms with Gasteiger partial charge >= 0.3 is 6.61 Å². The zero-order valence-electron chi connectivity index (χ0n) is 11.6. The summed E-state index contributed by atoms with van der Waals surface area (Å²) in [6.07, 6.45) is 1.87. The van der Waals surface area contributed by atoms with Crippen molar-refractivity contribution in [2.24, 2.45) is 5.92 Å². The molecule has 1 aromatic carbocycles. The minimum Gasteiger partial charge on any atom is -0.435 e. The van der Waals surface area contributed by atoms with E-state index in [9.17, 15) is 13.9 Å². The molecule has 1 saturated heterocycles. The predicted molar refractivity (Wildman–Crippen MR) is 72.8 cm³/mol. The SMILES string of the molecule is CC(O)C1CCCN(Cc2ccc(OC(F)F)cc2)C1. The predicted octanol–water partition coefficient (Wildman–Crippen LogP) is 2.88. The van der Waals surface area contributed by atoms with Crippen LogP contribution in [0.2, 0.25) is 0 Å². The van der Waals surface area contributed by atoms with Crippen molar-refractivity contribution in [1.82, 2.24) is 4.90 Å². The van der Waals surface area contributed by atoms with Crippen LogP contribution in [-0.4, -0.2) is 35.8 Å². The first-order chi connectivity index (χ1) is 9.54. The highest BCUT2D eigenvalue weighted by Crippen LogP contribution is 2.22. The summed E-state index contributed by atoms with van der Waals surface area (Å²) in [5, 5.41) is 9.67. The van der Waals surface area contributed by atoms with E-state index in [1.54, 1.807) is 12.1 Å². The Morgan fingerprint density at radius 1 is 1.35 bits per heavy atom. The summed E-state index contributed by atoms with van der Waals surface area (Å²) in [6.45, 7) is 1.73. The molecule has 1 heterocycles. The van der Waals surface area contributed by atoms with Crippen LogP contribution in [0.5, 0.6) is 5.75 Å². The molecule has 0 radical (unpaired) electrons. The van der Waals surface area contributed by atoms with Gasteiger partial charge in [0.25, 0.3) is 0 Å². The van der Waals surface area contributed by atoms with Gasteiger partial charge in [-0.25, -0.2) is 0 Å². The molecular formula is C15H21F2NO2. The van der Waals surface area contributed by atoms with Crippen molar-refractivity contribution in [3.05, 3.63) is 29.8 Å². The average molecular weight is 285 g/mol. The number of alkyl halides is 2. The number of piperidine rings is 1. The zero-order chi connectivity index (χ0) is 14.5. The molecule has 0 aromatic heterocycles. The molecule has 0 aliphatic carbocycles. The largest absolute Gasteiger partial charge is 0.435 e. The summed E-state index contributed by atoms with van der Waals surface area (Å²) in [5.74, 6) is 0.509. The van der Waals surface area contributed by atoms with E-state index in [1.165, 1.54) is 0 Å². The van der Waals surface area contributed by atoms with Crippen LogP contribution in [0.1, 0.15) is 25.3 Å². The van der Waals surface area contributed by atoms with Crippen LogP contribution in [0.4, 0.5) is 8.78 Å². The molecule has 2 unspecified atom stereocenters. The monoisotopic (exact) mass is 285 g/mol. The first-order valence-electron chi connectivity index (χ1n) is 6.99. The number of benzene rings is 1. The van der Waals surface area contributed by atoms with Gasteiger partial charge in [0.2, 0.25) is 0 Å². The van der Waals surface area contributed by atoms with Crippen molar-refractivity contribution < 1.29 is 18.6 Å². The van der Waals surface area contributed by atoms with Gasteiger partial charge in [-0.3, -0.25) is 4.90 Å². The number of aliphatic hydroxyl groups is 1. The molecule has 0 spiro atoms. The lowest BCUT2D eigenvalue weighted by Gasteiger charge is -2.34. The van der Waals surface area contributed by atoms with Crippen molar-refractivity contribution in [1.29, 1.82) is 0 Å². The van der Waals surface area contributed by atoms with E-state index in [-0.39, 0.29) is 11.9 Å². The van der Waals surface area contributed by atoms with Crippen LogP contribution in [0.25, 0.3) is 0 Å². The molecule has 1 fully saturated rings. The minimum absolute atomic E-state index is 0.184. The first-order valence-corrected chi connectivity index (χ1v) is 6.99. The second kappa shape index (κ2) is 6.99. The van der Waals surface area contributed by atoms with Gasteiger partial charge < -0.3 is 9.84 Å². The molecule has 0 amide bonds. The Bertz CT molecular complexity index is 409. The van der Waals surface area contributed by atoms with E-state index in [4.69, 9.17) is 0 Å². The van der Waals surface area contributed by atoms with E-state index in [0.29, 0.717) is 5.92 Å². The average Bonchev–Trinajstić information content (AvgIpc) is 2.41. The zero-order valence-corrected chi connectivity index (χ0v) is 11.6. The molecule has 112 valence electrons. The Labute approximate surface area is 118 Å². The maximum Gasteiger partial charge on any atom is 0.387 e. The molecule has 1 aliphatic heterocycles. The lowest BCUT2D eigenvalue weighted by atomic mass is 9.93. The summed E-state index contributed by atoms with van der Waals surface area (Å²) >= 11 is 0. The third kappa shape index (κ3) is 4.42. The van der Waals surface area contributed by atoms with E-state index in [2.05, 4.69) is 9.64 Å². The molecule has 20 heavy (non-hydrogen) atoms. The van der Waals surface area contributed by atoms with Gasteiger partial charge in [-0.1, -0.05) is 12.1 Å². The molecule has 0 bridgehead atoms. The molecule has 1 N–H and O–H groups in total. The van der Waals surface area contributed by atoms with Crippen molar-refractivity contribution in [2.45, 2.75) is 39.0 Å². The highest BCUT2D eigenvalue weighted by molar-refractivity contribution is 5.27. The third-order valence-corrected chi connectivity index (χ3v) is 3.78. The van der Waals surface area contributed by atoms with Gasteiger partial charge in [-0.2, -0.15) is 8.78 Å². The highest BCUT2D eigenvalue weighted by atomic mass is 19.3. The fraction of sp³-hybridized carbons (Fsp3) is 0.600. The third-order valence-electron chi connectivity index (χ3n) is 3.78. The summed E-state index contributed by atoms with van der Waals surface area (Å²) in [5.41, 5.74) is 1.07. The number of halogens is 2. The number of aliphatic hydroxyl groups excluding tert-OH is 1. The molecule has 2 rings (SSSR count). The Hall–Kier alpha value is -1.20. The molecule has 1 aliphatic rings. The van der Waals surface area contributed by atoms with Crippen molar-refractivity contribution in [3.63, 3.8) is 0 Å². The lowest BCUT2D eigenvalue weighted by Crippen LogP contribution is -2.38. The van der Waals surface area contributed by atoms with Crippen LogP contribution in [0, 0.1) is 5.92 Å². The standard InChI is InChI=1S/C15H21F2NO2/c1-11(19)13-3-2-8-18(10-13)9-12-4-6-14(7-5-12)20-15(16)17/h4-7,11,13,15,19H,2-3,8-10H2,1H3. The number of ether oxygens (including phenoxy) is 1. The normalized spacial score (nSPS) is 21.9. The van der Waals surface area contributed by atoms with Gasteiger partial charge in [-0.15, -0.1) is 0 Å². The van der Waals surface area contributed by atoms with Crippen LogP contribution in [0.3, 0.4) is 0 Å². The van der Waals surface area contributed by atoms with Crippen LogP contribution in [-0.2, 0) is 6.54 Å². The van der Waals surface area contributed by atoms with Crippen molar-refractivity contribution >= 4 is 0 Å².